The van der Waals surface area contributed by atoms with Crippen molar-refractivity contribution in [3.05, 3.63) is 82.4 Å². The van der Waals surface area contributed by atoms with Crippen LogP contribution >= 0.6 is 0 Å². The van der Waals surface area contributed by atoms with Crippen LogP contribution in [0.3, 0.4) is 0 Å². The molecule has 0 amide bonds. The molecule has 130 valence electrons. The van der Waals surface area contributed by atoms with Crippen LogP contribution in [-0.4, -0.2) is 29.7 Å². The molecule has 0 saturated heterocycles. The number of aryl methyl sites for hydroxylation is 1. The second-order valence-electron chi connectivity index (χ2n) is 6.14. The van der Waals surface area contributed by atoms with E-state index >= 15 is 0 Å². The lowest BCUT2D eigenvalue weighted by Crippen LogP contribution is -2.24. The quantitative estimate of drug-likeness (QED) is 0.610. The molecule has 7 nitrogen and oxygen atoms in total. The summed E-state index contributed by atoms with van der Waals surface area (Å²) < 4.78 is 2.88. The zero-order valence-electron chi connectivity index (χ0n) is 14.1. The van der Waals surface area contributed by atoms with Gasteiger partial charge in [0.1, 0.15) is 6.33 Å². The molecule has 0 radical (unpaired) electrons. The Morgan fingerprint density at radius 3 is 2.54 bits per heavy atom. The van der Waals surface area contributed by atoms with Gasteiger partial charge in [0.05, 0.1) is 18.3 Å². The van der Waals surface area contributed by atoms with Gasteiger partial charge in [-0.15, -0.1) is 5.10 Å². The fourth-order valence-electron chi connectivity index (χ4n) is 2.80. The van der Waals surface area contributed by atoms with Crippen LogP contribution < -0.4 is 5.56 Å². The third-order valence-corrected chi connectivity index (χ3v) is 4.26. The van der Waals surface area contributed by atoms with Crippen LogP contribution in [0, 0.1) is 6.92 Å². The average molecular weight is 347 g/mol. The number of para-hydroxylation sites is 1. The number of hydrogen-bond donors (Lipinski definition) is 1. The molecule has 0 aliphatic rings. The van der Waals surface area contributed by atoms with Gasteiger partial charge in [-0.25, -0.2) is 4.98 Å². The first-order valence-corrected chi connectivity index (χ1v) is 8.24. The first-order chi connectivity index (χ1) is 12.6. The van der Waals surface area contributed by atoms with E-state index in [9.17, 15) is 9.90 Å². The smallest absolute Gasteiger partial charge is 0.283 e. The monoisotopic (exact) mass is 347 g/mol. The third-order valence-electron chi connectivity index (χ3n) is 4.26. The van der Waals surface area contributed by atoms with E-state index < -0.39 is 6.10 Å². The van der Waals surface area contributed by atoms with E-state index in [1.807, 2.05) is 61.5 Å². The van der Waals surface area contributed by atoms with Crippen molar-refractivity contribution in [2.24, 2.45) is 0 Å². The Bertz CT molecular complexity index is 1100. The fraction of sp³-hybridized carbons (Fsp3) is 0.158. The molecule has 2 aromatic carbocycles. The summed E-state index contributed by atoms with van der Waals surface area (Å²) in [5.41, 5.74) is 2.87. The molecule has 7 heteroatoms. The highest BCUT2D eigenvalue weighted by Gasteiger charge is 2.15. The highest BCUT2D eigenvalue weighted by atomic mass is 16.3. The van der Waals surface area contributed by atoms with Gasteiger partial charge in [-0.05, 0) is 24.6 Å². The van der Waals surface area contributed by atoms with Crippen LogP contribution in [0.1, 0.15) is 17.2 Å². The Morgan fingerprint density at radius 1 is 1.08 bits per heavy atom. The minimum Gasteiger partial charge on any atom is -0.387 e. The largest absolute Gasteiger partial charge is 0.387 e. The number of hydrogen-bond acceptors (Lipinski definition) is 5. The van der Waals surface area contributed by atoms with Crippen LogP contribution in [-0.2, 0) is 6.54 Å². The second-order valence-corrected chi connectivity index (χ2v) is 6.14. The van der Waals surface area contributed by atoms with E-state index in [2.05, 4.69) is 15.3 Å². The Labute approximate surface area is 149 Å². The number of aromatic nitrogens is 5. The molecule has 26 heavy (non-hydrogen) atoms. The van der Waals surface area contributed by atoms with Crippen LogP contribution in [0.15, 0.2) is 65.7 Å². The van der Waals surface area contributed by atoms with Gasteiger partial charge in [-0.1, -0.05) is 53.2 Å². The second kappa shape index (κ2) is 6.53. The van der Waals surface area contributed by atoms with Gasteiger partial charge in [0.25, 0.3) is 5.56 Å². The lowest BCUT2D eigenvalue weighted by atomic mass is 10.1. The summed E-state index contributed by atoms with van der Waals surface area (Å²) in [6, 6.07) is 16.9. The molecule has 0 aliphatic heterocycles. The van der Waals surface area contributed by atoms with E-state index in [1.54, 1.807) is 0 Å². The number of aliphatic hydroxyl groups excluding tert-OH is 1. The van der Waals surface area contributed by atoms with Crippen LogP contribution in [0.4, 0.5) is 0 Å². The van der Waals surface area contributed by atoms with Crippen molar-refractivity contribution < 1.29 is 5.11 Å². The molecule has 0 fully saturated rings. The summed E-state index contributed by atoms with van der Waals surface area (Å²) in [6.45, 7) is 2.08. The standard InChI is InChI=1S/C19H17N5O2/c1-13-7-9-14(10-8-13)16(25)11-23-12-20-18-17(19(23)26)21-22-24(18)15-5-3-2-4-6-15/h2-10,12,16,25H,11H2,1H3. The average Bonchev–Trinajstić information content (AvgIpc) is 3.10. The molecule has 0 saturated carbocycles. The summed E-state index contributed by atoms with van der Waals surface area (Å²) in [5.74, 6) is 0. The number of rotatable bonds is 4. The molecule has 1 unspecified atom stereocenters. The molecule has 4 aromatic rings. The van der Waals surface area contributed by atoms with E-state index in [4.69, 9.17) is 0 Å². The van der Waals surface area contributed by atoms with Crippen molar-refractivity contribution in [1.82, 2.24) is 24.5 Å². The Balaban J connectivity index is 1.68. The topological polar surface area (TPSA) is 85.8 Å². The summed E-state index contributed by atoms with van der Waals surface area (Å²) >= 11 is 0. The van der Waals surface area contributed by atoms with E-state index in [1.165, 1.54) is 15.6 Å². The van der Waals surface area contributed by atoms with Crippen molar-refractivity contribution >= 4 is 11.2 Å². The van der Waals surface area contributed by atoms with Gasteiger partial charge in [-0.3, -0.25) is 9.36 Å². The molecule has 0 spiro atoms. The maximum Gasteiger partial charge on any atom is 0.283 e. The van der Waals surface area contributed by atoms with Gasteiger partial charge < -0.3 is 5.11 Å². The molecule has 4 rings (SSSR count). The minimum absolute atomic E-state index is 0.100. The lowest BCUT2D eigenvalue weighted by molar-refractivity contribution is 0.155. The van der Waals surface area contributed by atoms with Crippen molar-refractivity contribution in [1.29, 1.82) is 0 Å². The summed E-state index contributed by atoms with van der Waals surface area (Å²) in [7, 11) is 0. The van der Waals surface area contributed by atoms with E-state index in [-0.39, 0.29) is 17.6 Å². The predicted octanol–water partition coefficient (Wildman–Crippen LogP) is 2.02. The fourth-order valence-corrected chi connectivity index (χ4v) is 2.80. The SMILES string of the molecule is Cc1ccc(C(O)Cn2cnc3c(nnn3-c3ccccc3)c2=O)cc1. The minimum atomic E-state index is -0.809. The highest BCUT2D eigenvalue weighted by molar-refractivity contribution is 5.70. The zero-order chi connectivity index (χ0) is 18.1. The number of nitrogens with zero attached hydrogens (tertiary/aromatic N) is 5. The van der Waals surface area contributed by atoms with Gasteiger partial charge in [0.15, 0.2) is 11.2 Å². The molecule has 1 atom stereocenters. The number of benzene rings is 2. The van der Waals surface area contributed by atoms with Gasteiger partial charge in [-0.2, -0.15) is 4.68 Å². The van der Waals surface area contributed by atoms with Crippen molar-refractivity contribution in [3.63, 3.8) is 0 Å². The third kappa shape index (κ3) is 2.89. The maximum atomic E-state index is 12.7. The summed E-state index contributed by atoms with van der Waals surface area (Å²) in [5, 5.41) is 18.4. The lowest BCUT2D eigenvalue weighted by Gasteiger charge is -2.13. The summed E-state index contributed by atoms with van der Waals surface area (Å²) in [4.78, 5) is 17.0. The Morgan fingerprint density at radius 2 is 1.81 bits per heavy atom. The zero-order valence-corrected chi connectivity index (χ0v) is 14.1. The number of fused-ring (bicyclic) bond motifs is 1. The Kier molecular flexibility index (Phi) is 4.06. The van der Waals surface area contributed by atoms with Crippen LogP contribution in [0.2, 0.25) is 0 Å². The van der Waals surface area contributed by atoms with Gasteiger partial charge in [0, 0.05) is 0 Å². The first-order valence-electron chi connectivity index (χ1n) is 8.24. The molecule has 1 N–H and O–H groups in total. The molecule has 2 heterocycles. The molecule has 0 bridgehead atoms. The van der Waals surface area contributed by atoms with Crippen molar-refractivity contribution in [2.45, 2.75) is 19.6 Å². The van der Waals surface area contributed by atoms with E-state index in [0.717, 1.165) is 16.8 Å². The maximum absolute atomic E-state index is 12.7. The van der Waals surface area contributed by atoms with Crippen LogP contribution in [0.25, 0.3) is 16.9 Å². The number of aliphatic hydroxyl groups is 1. The molecular formula is C19H17N5O2. The van der Waals surface area contributed by atoms with Crippen LogP contribution in [0.5, 0.6) is 0 Å². The molecule has 0 aliphatic carbocycles. The predicted molar refractivity (Wildman–Crippen MR) is 97.1 cm³/mol. The van der Waals surface area contributed by atoms with Crippen molar-refractivity contribution in [3.8, 4) is 5.69 Å². The van der Waals surface area contributed by atoms with Gasteiger partial charge in [0.2, 0.25) is 0 Å². The normalized spacial score (nSPS) is 12.4. The molecule has 2 aromatic heterocycles. The first kappa shape index (κ1) is 16.2. The summed E-state index contributed by atoms with van der Waals surface area (Å²) in [6.07, 6.45) is 0.613. The van der Waals surface area contributed by atoms with E-state index in [0.29, 0.717) is 5.65 Å². The van der Waals surface area contributed by atoms with Gasteiger partial charge >= 0.3 is 0 Å². The van der Waals surface area contributed by atoms with Crippen molar-refractivity contribution in [2.75, 3.05) is 0 Å². The molecular weight excluding hydrogens is 330 g/mol. The highest BCUT2D eigenvalue weighted by Crippen LogP contribution is 2.16. The Hall–Kier alpha value is -3.32.